The van der Waals surface area contributed by atoms with Gasteiger partial charge in [0.05, 0.1) is 19.6 Å². The minimum atomic E-state index is -0.138. The van der Waals surface area contributed by atoms with Crippen molar-refractivity contribution in [2.45, 2.75) is 39.7 Å². The van der Waals surface area contributed by atoms with Crippen LogP contribution in [0.2, 0.25) is 0 Å². The molecule has 2 aromatic rings. The Bertz CT molecular complexity index is 1160. The highest BCUT2D eigenvalue weighted by molar-refractivity contribution is 8.93. The third-order valence-corrected chi connectivity index (χ3v) is 5.73. The van der Waals surface area contributed by atoms with E-state index < -0.39 is 0 Å². The predicted molar refractivity (Wildman–Crippen MR) is 139 cm³/mol. The molecule has 0 saturated carbocycles. The third kappa shape index (κ3) is 6.40. The largest absolute Gasteiger partial charge is 0.494 e. The van der Waals surface area contributed by atoms with Gasteiger partial charge in [-0.25, -0.2) is 0 Å². The van der Waals surface area contributed by atoms with Crippen LogP contribution in [0, 0.1) is 16.7 Å². The van der Waals surface area contributed by atoms with E-state index in [4.69, 9.17) is 20.1 Å². The number of benzene rings is 2. The molecule has 186 valence electrons. The minimum absolute atomic E-state index is 0. The summed E-state index contributed by atoms with van der Waals surface area (Å²) in [6.45, 7) is 6.77. The van der Waals surface area contributed by atoms with Crippen LogP contribution in [-0.4, -0.2) is 49.2 Å². The molecule has 0 fully saturated rings. The van der Waals surface area contributed by atoms with Crippen molar-refractivity contribution in [1.82, 2.24) is 10.2 Å². The zero-order valence-electron chi connectivity index (χ0n) is 20.4. The van der Waals surface area contributed by atoms with Crippen molar-refractivity contribution in [2.24, 2.45) is 0 Å². The molecule has 1 amide bonds. The summed E-state index contributed by atoms with van der Waals surface area (Å²) in [5.41, 5.74) is 3.71. The number of nitrogens with zero attached hydrogens (tertiary/aromatic N) is 2. The molecular weight excluding hydrogens is 512 g/mol. The van der Waals surface area contributed by atoms with E-state index >= 15 is 0 Å². The maximum atomic E-state index is 13.1. The van der Waals surface area contributed by atoms with E-state index in [1.807, 2.05) is 39.0 Å². The fourth-order valence-electron chi connectivity index (χ4n) is 3.98. The van der Waals surface area contributed by atoms with Crippen LogP contribution in [0.3, 0.4) is 0 Å². The summed E-state index contributed by atoms with van der Waals surface area (Å²) in [6.07, 6.45) is 0.156. The smallest absolute Gasteiger partial charge is 0.224 e. The Hall–Kier alpha value is -3.38. The Morgan fingerprint density at radius 2 is 1.94 bits per heavy atom. The van der Waals surface area contributed by atoms with E-state index in [0.29, 0.717) is 41.3 Å². The maximum Gasteiger partial charge on any atom is 0.224 e. The van der Waals surface area contributed by atoms with Gasteiger partial charge in [0.2, 0.25) is 5.91 Å². The third-order valence-electron chi connectivity index (χ3n) is 5.73. The lowest BCUT2D eigenvalue weighted by Gasteiger charge is -2.18. The zero-order chi connectivity index (χ0) is 24.8. The fourth-order valence-corrected chi connectivity index (χ4v) is 3.98. The van der Waals surface area contributed by atoms with Gasteiger partial charge in [-0.1, -0.05) is 13.8 Å². The molecule has 0 radical (unpaired) electrons. The summed E-state index contributed by atoms with van der Waals surface area (Å²) in [5, 5.41) is 20.1. The minimum Gasteiger partial charge on any atom is -0.494 e. The van der Waals surface area contributed by atoms with Gasteiger partial charge >= 0.3 is 0 Å². The number of carbonyl (C=O) groups excluding carboxylic acids is 2. The average molecular weight is 543 g/mol. The van der Waals surface area contributed by atoms with Crippen LogP contribution in [0.15, 0.2) is 30.3 Å². The molecule has 1 aliphatic rings. The predicted octanol–water partition coefficient (Wildman–Crippen LogP) is 4.00. The van der Waals surface area contributed by atoms with Crippen molar-refractivity contribution in [3.05, 3.63) is 58.1 Å². The summed E-state index contributed by atoms with van der Waals surface area (Å²) in [6, 6.07) is 10.9. The van der Waals surface area contributed by atoms with Gasteiger partial charge < -0.3 is 19.7 Å². The van der Waals surface area contributed by atoms with E-state index in [-0.39, 0.29) is 60.0 Å². The lowest BCUT2D eigenvalue weighted by molar-refractivity contribution is -0.119. The number of halogens is 1. The van der Waals surface area contributed by atoms with Crippen LogP contribution in [-0.2, 0) is 17.8 Å². The number of Topliss-reactive ketones (excluding diaryl/α,β-unsaturated/α-hetero) is 1. The first-order valence-electron chi connectivity index (χ1n) is 11.3. The van der Waals surface area contributed by atoms with Crippen LogP contribution < -0.4 is 14.8 Å². The van der Waals surface area contributed by atoms with Gasteiger partial charge in [0.25, 0.3) is 0 Å². The number of fused-ring (bicyclic) bond motifs is 1. The van der Waals surface area contributed by atoms with E-state index in [9.17, 15) is 9.59 Å². The molecular formula is C26H31BrN4O4. The van der Waals surface area contributed by atoms with Gasteiger partial charge in [0.1, 0.15) is 23.4 Å². The van der Waals surface area contributed by atoms with Gasteiger partial charge in [-0.3, -0.25) is 15.0 Å². The Kier molecular flexibility index (Phi) is 9.84. The number of hydrogen-bond acceptors (Lipinski definition) is 6. The van der Waals surface area contributed by atoms with Crippen molar-refractivity contribution in [3.63, 3.8) is 0 Å². The standard InChI is InChI=1S/C26H30N4O4.BrH/c1-5-33-24-12-19-14-30(26(28)21(19)11-18(24)13-25(32)29-4)15-22(31)17-6-7-23(34-9-8-27)20(10-17)16(2)3;/h6-7,10-12,16,28H,5,9,13-15H2,1-4H3,(H,29,32);1H. The number of hydrogen-bond donors (Lipinski definition) is 2. The van der Waals surface area contributed by atoms with Gasteiger partial charge in [0.15, 0.2) is 12.4 Å². The number of amides is 1. The maximum absolute atomic E-state index is 13.1. The Labute approximate surface area is 216 Å². The molecule has 0 aliphatic carbocycles. The molecule has 9 heteroatoms. The number of nitriles is 1. The van der Waals surface area contributed by atoms with Crippen molar-refractivity contribution in [3.8, 4) is 17.6 Å². The van der Waals surface area contributed by atoms with Crippen LogP contribution in [0.1, 0.15) is 59.3 Å². The molecule has 0 atom stereocenters. The molecule has 1 heterocycles. The van der Waals surface area contributed by atoms with E-state index in [1.165, 1.54) is 0 Å². The van der Waals surface area contributed by atoms with Crippen LogP contribution in [0.25, 0.3) is 0 Å². The average Bonchev–Trinajstić information content (AvgIpc) is 3.11. The number of carbonyl (C=O) groups is 2. The summed E-state index contributed by atoms with van der Waals surface area (Å²) in [5.74, 6) is 1.35. The lowest BCUT2D eigenvalue weighted by atomic mass is 9.98. The van der Waals surface area contributed by atoms with Crippen molar-refractivity contribution in [1.29, 1.82) is 10.7 Å². The lowest BCUT2D eigenvalue weighted by Crippen LogP contribution is -2.30. The molecule has 0 unspecified atom stereocenters. The molecule has 0 spiro atoms. The second-order valence-electron chi connectivity index (χ2n) is 8.38. The number of ketones is 1. The van der Waals surface area contributed by atoms with Crippen LogP contribution in [0.5, 0.6) is 11.5 Å². The van der Waals surface area contributed by atoms with Gasteiger partial charge in [-0.2, -0.15) is 5.26 Å². The van der Waals surface area contributed by atoms with Crippen LogP contribution >= 0.6 is 17.0 Å². The molecule has 8 nitrogen and oxygen atoms in total. The molecule has 2 aromatic carbocycles. The SMILES string of the molecule is Br.CCOc1cc2c(cc1CC(=O)NC)C(=N)N(CC(=O)c1ccc(OCC#N)c(C(C)C)c1)C2. The second kappa shape index (κ2) is 12.4. The highest BCUT2D eigenvalue weighted by Crippen LogP contribution is 2.32. The molecule has 0 bridgehead atoms. The van der Waals surface area contributed by atoms with E-state index in [0.717, 1.165) is 11.1 Å². The summed E-state index contributed by atoms with van der Waals surface area (Å²) < 4.78 is 11.2. The first-order valence-corrected chi connectivity index (χ1v) is 11.3. The normalized spacial score (nSPS) is 12.0. The highest BCUT2D eigenvalue weighted by Gasteiger charge is 2.28. The monoisotopic (exact) mass is 542 g/mol. The number of nitrogens with one attached hydrogen (secondary N) is 2. The molecule has 2 N–H and O–H groups in total. The Morgan fingerprint density at radius 1 is 1.20 bits per heavy atom. The van der Waals surface area contributed by atoms with Crippen molar-refractivity contribution >= 4 is 34.5 Å². The molecule has 3 rings (SSSR count). The summed E-state index contributed by atoms with van der Waals surface area (Å²) in [7, 11) is 1.58. The summed E-state index contributed by atoms with van der Waals surface area (Å²) >= 11 is 0. The second-order valence-corrected chi connectivity index (χ2v) is 8.38. The van der Waals surface area contributed by atoms with Crippen LogP contribution in [0.4, 0.5) is 0 Å². The number of ether oxygens (including phenoxy) is 2. The van der Waals surface area contributed by atoms with Gasteiger partial charge in [-0.15, -0.1) is 17.0 Å². The fraction of sp³-hybridized carbons (Fsp3) is 0.385. The molecule has 0 saturated heterocycles. The van der Waals surface area contributed by atoms with Gasteiger partial charge in [0, 0.05) is 30.3 Å². The van der Waals surface area contributed by atoms with E-state index in [1.54, 1.807) is 30.1 Å². The van der Waals surface area contributed by atoms with E-state index in [2.05, 4.69) is 5.32 Å². The molecule has 35 heavy (non-hydrogen) atoms. The first-order chi connectivity index (χ1) is 16.3. The molecule has 1 aliphatic heterocycles. The first kappa shape index (κ1) is 27.9. The number of rotatable bonds is 10. The Morgan fingerprint density at radius 3 is 2.57 bits per heavy atom. The topological polar surface area (TPSA) is 116 Å². The number of amidine groups is 1. The van der Waals surface area contributed by atoms with Gasteiger partial charge in [-0.05, 0) is 54.3 Å². The Balaban J connectivity index is 0.00000432. The quantitative estimate of drug-likeness (QED) is 0.438. The number of likely N-dealkylation sites (N-methyl/N-ethyl adjacent to an activating group) is 1. The molecule has 0 aromatic heterocycles. The highest BCUT2D eigenvalue weighted by atomic mass is 79.9. The van der Waals surface area contributed by atoms with Crippen molar-refractivity contribution in [2.75, 3.05) is 26.8 Å². The van der Waals surface area contributed by atoms with Crippen molar-refractivity contribution < 1.29 is 19.1 Å². The summed E-state index contributed by atoms with van der Waals surface area (Å²) in [4.78, 5) is 26.8. The zero-order valence-corrected chi connectivity index (χ0v) is 22.1.